The monoisotopic (exact) mass is 259 g/mol. The molecule has 1 heterocycles. The van der Waals surface area contributed by atoms with Gasteiger partial charge in [0.05, 0.1) is 0 Å². The van der Waals surface area contributed by atoms with Crippen LogP contribution in [0.5, 0.6) is 0 Å². The lowest BCUT2D eigenvalue weighted by Gasteiger charge is -2.34. The predicted octanol–water partition coefficient (Wildman–Crippen LogP) is 2.31. The van der Waals surface area contributed by atoms with E-state index in [1.54, 1.807) is 0 Å². The van der Waals surface area contributed by atoms with Crippen molar-refractivity contribution in [3.8, 4) is 0 Å². The van der Waals surface area contributed by atoms with E-state index in [4.69, 9.17) is 0 Å². The number of carbonyl (C=O) groups is 1. The molecule has 0 aromatic heterocycles. The van der Waals surface area contributed by atoms with Crippen molar-refractivity contribution in [3.63, 3.8) is 0 Å². The van der Waals surface area contributed by atoms with Crippen molar-refractivity contribution >= 4 is 11.7 Å². The molecule has 1 aliphatic carbocycles. The van der Waals surface area contributed by atoms with Crippen LogP contribution in [0.15, 0.2) is 24.3 Å². The maximum Gasteiger partial charge on any atom is 0.321 e. The highest BCUT2D eigenvalue weighted by atomic mass is 16.2. The van der Waals surface area contributed by atoms with Gasteiger partial charge < -0.3 is 10.2 Å². The van der Waals surface area contributed by atoms with Crippen molar-refractivity contribution in [1.29, 1.82) is 0 Å². The molecule has 1 aromatic carbocycles. The normalized spacial score (nSPS) is 20.4. The number of aryl methyl sites for hydroxylation is 1. The number of nitrogens with one attached hydrogen (secondary N) is 1. The van der Waals surface area contributed by atoms with E-state index in [0.29, 0.717) is 0 Å². The number of hydrogen-bond donors (Lipinski definition) is 1. The van der Waals surface area contributed by atoms with Gasteiger partial charge in [0.2, 0.25) is 0 Å². The lowest BCUT2D eigenvalue weighted by atomic mass is 10.2. The molecular formula is C15H21N3O. The molecule has 1 N–H and O–H groups in total. The molecule has 0 atom stereocenters. The van der Waals surface area contributed by atoms with Gasteiger partial charge in [0.1, 0.15) is 0 Å². The minimum absolute atomic E-state index is 0.0322. The number of rotatable bonds is 2. The van der Waals surface area contributed by atoms with Gasteiger partial charge in [0.25, 0.3) is 0 Å². The Labute approximate surface area is 114 Å². The van der Waals surface area contributed by atoms with Gasteiger partial charge in [0.15, 0.2) is 0 Å². The molecule has 0 bridgehead atoms. The highest BCUT2D eigenvalue weighted by molar-refractivity contribution is 5.90. The summed E-state index contributed by atoms with van der Waals surface area (Å²) in [5.41, 5.74) is 2.02. The minimum atomic E-state index is 0.0322. The molecule has 0 spiro atoms. The molecule has 0 radical (unpaired) electrons. The number of amides is 2. The second-order valence-corrected chi connectivity index (χ2v) is 5.50. The van der Waals surface area contributed by atoms with Crippen LogP contribution in [0.4, 0.5) is 10.5 Å². The van der Waals surface area contributed by atoms with Crippen LogP contribution in [0.3, 0.4) is 0 Å². The zero-order chi connectivity index (χ0) is 13.2. The van der Waals surface area contributed by atoms with Crippen molar-refractivity contribution in [3.05, 3.63) is 29.8 Å². The van der Waals surface area contributed by atoms with E-state index in [-0.39, 0.29) is 6.03 Å². The third kappa shape index (κ3) is 2.89. The Morgan fingerprint density at radius 3 is 2.47 bits per heavy atom. The Bertz CT molecular complexity index is 462. The van der Waals surface area contributed by atoms with E-state index in [1.165, 1.54) is 12.8 Å². The summed E-state index contributed by atoms with van der Waals surface area (Å²) in [6.45, 7) is 5.74. The second-order valence-electron chi connectivity index (χ2n) is 5.50. The summed E-state index contributed by atoms with van der Waals surface area (Å²) in [5.74, 6) is 0. The van der Waals surface area contributed by atoms with E-state index < -0.39 is 0 Å². The van der Waals surface area contributed by atoms with E-state index >= 15 is 0 Å². The van der Waals surface area contributed by atoms with Gasteiger partial charge in [-0.2, -0.15) is 0 Å². The molecule has 1 aliphatic heterocycles. The van der Waals surface area contributed by atoms with E-state index in [2.05, 4.69) is 10.2 Å². The SMILES string of the molecule is Cc1ccccc1NC(=O)N1CCN(C2CC2)CC1. The highest BCUT2D eigenvalue weighted by Gasteiger charge is 2.32. The minimum Gasteiger partial charge on any atom is -0.322 e. The molecule has 1 saturated heterocycles. The van der Waals surface area contributed by atoms with Crippen molar-refractivity contribution in [2.75, 3.05) is 31.5 Å². The molecule has 2 aliphatic rings. The summed E-state index contributed by atoms with van der Waals surface area (Å²) in [6.07, 6.45) is 2.69. The van der Waals surface area contributed by atoms with Gasteiger partial charge in [-0.05, 0) is 31.4 Å². The largest absolute Gasteiger partial charge is 0.322 e. The third-order valence-corrected chi connectivity index (χ3v) is 4.05. The quantitative estimate of drug-likeness (QED) is 0.884. The lowest BCUT2D eigenvalue weighted by molar-refractivity contribution is 0.142. The number of nitrogens with zero attached hydrogens (tertiary/aromatic N) is 2. The Morgan fingerprint density at radius 1 is 1.16 bits per heavy atom. The average Bonchev–Trinajstić information content (AvgIpc) is 3.26. The van der Waals surface area contributed by atoms with Crippen molar-refractivity contribution in [1.82, 2.24) is 9.80 Å². The first-order chi connectivity index (χ1) is 9.24. The Hall–Kier alpha value is -1.55. The fourth-order valence-electron chi connectivity index (χ4n) is 2.64. The third-order valence-electron chi connectivity index (χ3n) is 4.05. The van der Waals surface area contributed by atoms with Crippen LogP contribution in [-0.4, -0.2) is 48.1 Å². The van der Waals surface area contributed by atoms with E-state index in [0.717, 1.165) is 43.5 Å². The van der Waals surface area contributed by atoms with Crippen LogP contribution in [0.1, 0.15) is 18.4 Å². The predicted molar refractivity (Wildman–Crippen MR) is 76.4 cm³/mol. The van der Waals surface area contributed by atoms with Crippen LogP contribution >= 0.6 is 0 Å². The average molecular weight is 259 g/mol. The maximum absolute atomic E-state index is 12.2. The number of para-hydroxylation sites is 1. The van der Waals surface area contributed by atoms with Gasteiger partial charge in [-0.15, -0.1) is 0 Å². The first kappa shape index (κ1) is 12.5. The van der Waals surface area contributed by atoms with Crippen molar-refractivity contribution < 1.29 is 4.79 Å². The van der Waals surface area contributed by atoms with Gasteiger partial charge in [-0.3, -0.25) is 4.90 Å². The smallest absolute Gasteiger partial charge is 0.321 e. The molecule has 1 saturated carbocycles. The number of piperazine rings is 1. The van der Waals surface area contributed by atoms with E-state index in [9.17, 15) is 4.79 Å². The summed E-state index contributed by atoms with van der Waals surface area (Å²) >= 11 is 0. The molecule has 4 nitrogen and oxygen atoms in total. The zero-order valence-corrected chi connectivity index (χ0v) is 11.4. The van der Waals surface area contributed by atoms with Crippen LogP contribution in [0.25, 0.3) is 0 Å². The van der Waals surface area contributed by atoms with Crippen molar-refractivity contribution in [2.24, 2.45) is 0 Å². The number of hydrogen-bond acceptors (Lipinski definition) is 2. The zero-order valence-electron chi connectivity index (χ0n) is 11.4. The highest BCUT2D eigenvalue weighted by Crippen LogP contribution is 2.27. The van der Waals surface area contributed by atoms with Crippen LogP contribution in [0.2, 0.25) is 0 Å². The number of urea groups is 1. The molecule has 3 rings (SSSR count). The molecule has 2 amide bonds. The first-order valence-corrected chi connectivity index (χ1v) is 7.09. The van der Waals surface area contributed by atoms with Crippen molar-refractivity contribution in [2.45, 2.75) is 25.8 Å². The molecule has 19 heavy (non-hydrogen) atoms. The molecule has 102 valence electrons. The molecule has 1 aromatic rings. The van der Waals surface area contributed by atoms with Crippen LogP contribution < -0.4 is 5.32 Å². The Kier molecular flexibility index (Phi) is 3.42. The summed E-state index contributed by atoms with van der Waals surface area (Å²) in [6, 6.07) is 8.74. The Balaban J connectivity index is 1.55. The van der Waals surface area contributed by atoms with Crippen LogP contribution in [0, 0.1) is 6.92 Å². The summed E-state index contributed by atoms with van der Waals surface area (Å²) in [5, 5.41) is 3.01. The lowest BCUT2D eigenvalue weighted by Crippen LogP contribution is -2.50. The number of benzene rings is 1. The molecule has 4 heteroatoms. The molecule has 2 fully saturated rings. The topological polar surface area (TPSA) is 35.6 Å². The van der Waals surface area contributed by atoms with E-state index in [1.807, 2.05) is 36.1 Å². The van der Waals surface area contributed by atoms with Gasteiger partial charge >= 0.3 is 6.03 Å². The van der Waals surface area contributed by atoms with Crippen LogP contribution in [-0.2, 0) is 0 Å². The fraction of sp³-hybridized carbons (Fsp3) is 0.533. The number of anilines is 1. The standard InChI is InChI=1S/C15H21N3O/c1-12-4-2-3-5-14(12)16-15(19)18-10-8-17(9-11-18)13-6-7-13/h2-5,13H,6-11H2,1H3,(H,16,19). The number of carbonyl (C=O) groups excluding carboxylic acids is 1. The van der Waals surface area contributed by atoms with Gasteiger partial charge in [-0.1, -0.05) is 18.2 Å². The molecular weight excluding hydrogens is 238 g/mol. The summed E-state index contributed by atoms with van der Waals surface area (Å²) in [4.78, 5) is 16.6. The first-order valence-electron chi connectivity index (χ1n) is 7.09. The van der Waals surface area contributed by atoms with Gasteiger partial charge in [0, 0.05) is 37.9 Å². The molecule has 0 unspecified atom stereocenters. The maximum atomic E-state index is 12.2. The Morgan fingerprint density at radius 2 is 1.84 bits per heavy atom. The van der Waals surface area contributed by atoms with Gasteiger partial charge in [-0.25, -0.2) is 4.79 Å². The second kappa shape index (κ2) is 5.21. The summed E-state index contributed by atoms with van der Waals surface area (Å²) in [7, 11) is 0. The fourth-order valence-corrected chi connectivity index (χ4v) is 2.64. The summed E-state index contributed by atoms with van der Waals surface area (Å²) < 4.78 is 0.